The minimum Gasteiger partial charge on any atom is -0.486 e. The van der Waals surface area contributed by atoms with Crippen LogP contribution < -0.4 is 4.40 Å². The summed E-state index contributed by atoms with van der Waals surface area (Å²) in [5.41, 5.74) is 14.3. The van der Waals surface area contributed by atoms with Crippen LogP contribution in [-0.2, 0) is 26.5 Å². The number of rotatable bonds is 9. The van der Waals surface area contributed by atoms with E-state index in [1.807, 2.05) is 31.3 Å². The van der Waals surface area contributed by atoms with Crippen molar-refractivity contribution < 1.29 is 28.9 Å². The third-order valence-electron chi connectivity index (χ3n) is 11.4. The summed E-state index contributed by atoms with van der Waals surface area (Å²) in [7, 11) is 0. The Morgan fingerprint density at radius 2 is 1.41 bits per heavy atom. The van der Waals surface area contributed by atoms with Gasteiger partial charge in [-0.2, -0.15) is 0 Å². The summed E-state index contributed by atoms with van der Waals surface area (Å²) in [6.07, 6.45) is 3.06. The molecule has 8 heteroatoms. The van der Waals surface area contributed by atoms with Gasteiger partial charge in [0.25, 0.3) is 0 Å². The number of nitrogens with zero attached hydrogens (tertiary/aromatic N) is 4. The van der Waals surface area contributed by atoms with Gasteiger partial charge in [0.15, 0.2) is 0 Å². The zero-order valence-corrected chi connectivity index (χ0v) is 42.4. The summed E-state index contributed by atoms with van der Waals surface area (Å²) >= 11 is -1.95. The number of hydrogen-bond acceptors (Lipinski definition) is 4. The maximum atomic E-state index is 13.4. The minimum absolute atomic E-state index is 0. The average molecular weight is 1070 g/mol. The zero-order chi connectivity index (χ0) is 43.9. The molecule has 1 radical (unpaired) electrons. The largest absolute Gasteiger partial charge is 0.486 e. The fourth-order valence-electron chi connectivity index (χ4n) is 8.43. The first-order chi connectivity index (χ1) is 29.7. The van der Waals surface area contributed by atoms with E-state index in [0.29, 0.717) is 23.5 Å². The topological polar surface area (TPSA) is 56.7 Å². The molecule has 4 heterocycles. The quantitative estimate of drug-likeness (QED) is 0.107. The molecule has 0 fully saturated rings. The summed E-state index contributed by atoms with van der Waals surface area (Å²) < 4.78 is 23.6. The molecule has 5 aromatic carbocycles. The van der Waals surface area contributed by atoms with Gasteiger partial charge in [0.2, 0.25) is 5.71 Å². The predicted molar refractivity (Wildman–Crippen MR) is 259 cm³/mol. The van der Waals surface area contributed by atoms with Gasteiger partial charge in [-0.1, -0.05) is 81.1 Å². The molecule has 5 nitrogen and oxygen atoms in total. The Hall–Kier alpha value is -5.21. The van der Waals surface area contributed by atoms with Crippen LogP contribution in [0.4, 0.5) is 4.39 Å². The molecule has 0 saturated heterocycles. The summed E-state index contributed by atoms with van der Waals surface area (Å²) in [6, 6.07) is 45.2. The molecule has 323 valence electrons. The first-order valence-electron chi connectivity index (χ1n) is 21.8. The Morgan fingerprint density at radius 3 is 2.08 bits per heavy atom. The van der Waals surface area contributed by atoms with Crippen molar-refractivity contribution in [1.82, 2.24) is 19.5 Å². The van der Waals surface area contributed by atoms with Gasteiger partial charge in [-0.3, -0.25) is 4.98 Å². The Balaban J connectivity index is 0.000000229. The van der Waals surface area contributed by atoms with Crippen molar-refractivity contribution in [2.45, 2.75) is 84.0 Å². The SMILES string of the molecule is CC(C)Cc1cc(-c2[c-]ccc(F)c2)nc[c]1[Ge]([CH3])([CH3])[CH3].Cc1ccc2c(n1)oc1c(-c3nc4ccccc4n3-c3c(C(C)C)cc(-c4ccccc4)cc3C(C)C)[c-]ccc12.[Ir]. The number of pyridine rings is 2. The summed E-state index contributed by atoms with van der Waals surface area (Å²) in [4.78, 5) is 14.5. The molecule has 0 spiro atoms. The van der Waals surface area contributed by atoms with Crippen LogP contribution in [0.5, 0.6) is 0 Å². The van der Waals surface area contributed by atoms with E-state index in [4.69, 9.17) is 9.40 Å². The number of halogens is 1. The maximum Gasteiger partial charge on any atom is 0.216 e. The van der Waals surface area contributed by atoms with E-state index in [1.54, 1.807) is 6.07 Å². The third-order valence-corrected chi connectivity index (χ3v) is 15.8. The van der Waals surface area contributed by atoms with Crippen LogP contribution in [0.2, 0.25) is 17.3 Å². The van der Waals surface area contributed by atoms with Crippen molar-refractivity contribution in [3.05, 3.63) is 162 Å². The second kappa shape index (κ2) is 18.9. The standard InChI is InChI=1S/C37H32N3O.C18H23FGeN.Ir/c1-22(2)30-20-26(25-12-7-6-8-13-25)21-31(23(3)4)34(30)40-33-17-10-9-16-32(33)39-36(40)29-15-11-14-27-28-19-18-24(5)38-37(28)41-35(27)29;1-13(2)9-15-11-18(14-7-6-8-16(19)10-14)21-12-17(15)20(3,4)5;/h6-14,16-23H,1-5H3;6,8,10-13H,9H2,1-5H3;/q2*-1;. The van der Waals surface area contributed by atoms with Crippen LogP contribution in [0.1, 0.15) is 75.8 Å². The van der Waals surface area contributed by atoms with Gasteiger partial charge in [0.05, 0.1) is 22.4 Å². The van der Waals surface area contributed by atoms with Crippen molar-refractivity contribution >= 4 is 50.8 Å². The van der Waals surface area contributed by atoms with Crippen molar-refractivity contribution in [3.63, 3.8) is 0 Å². The first-order valence-corrected chi connectivity index (χ1v) is 29.1. The molecule has 0 aliphatic heterocycles. The monoisotopic (exact) mass is 1070 g/mol. The van der Waals surface area contributed by atoms with Crippen LogP contribution >= 0.6 is 0 Å². The van der Waals surface area contributed by atoms with Gasteiger partial charge >= 0.3 is 130 Å². The molecule has 0 aliphatic rings. The van der Waals surface area contributed by atoms with Crippen molar-refractivity contribution in [3.8, 4) is 39.5 Å². The maximum absolute atomic E-state index is 13.4. The number of aromatic nitrogens is 4. The third kappa shape index (κ3) is 9.52. The molecule has 0 atom stereocenters. The number of aryl methyl sites for hydroxylation is 1. The Kier molecular flexibility index (Phi) is 13.7. The van der Waals surface area contributed by atoms with E-state index >= 15 is 0 Å². The normalized spacial score (nSPS) is 11.8. The van der Waals surface area contributed by atoms with E-state index in [-0.39, 0.29) is 25.9 Å². The first kappa shape index (κ1) is 45.8. The van der Waals surface area contributed by atoms with Crippen LogP contribution in [0.25, 0.3) is 72.6 Å². The molecule has 0 bridgehead atoms. The molecule has 4 aromatic heterocycles. The van der Waals surface area contributed by atoms with Crippen LogP contribution in [0.3, 0.4) is 0 Å². The molecular formula is C55H55FGeIrN4O-2. The van der Waals surface area contributed by atoms with Crippen LogP contribution in [-0.4, -0.2) is 32.8 Å². The number of hydrogen-bond donors (Lipinski definition) is 0. The van der Waals surface area contributed by atoms with Gasteiger partial charge in [0.1, 0.15) is 0 Å². The van der Waals surface area contributed by atoms with E-state index in [2.05, 4.69) is 164 Å². The molecule has 63 heavy (non-hydrogen) atoms. The van der Waals surface area contributed by atoms with Crippen LogP contribution in [0, 0.1) is 30.8 Å². The van der Waals surface area contributed by atoms with E-state index in [1.165, 1.54) is 50.0 Å². The zero-order valence-electron chi connectivity index (χ0n) is 37.9. The average Bonchev–Trinajstić information content (AvgIpc) is 3.81. The Morgan fingerprint density at radius 1 is 0.730 bits per heavy atom. The summed E-state index contributed by atoms with van der Waals surface area (Å²) in [5, 5.41) is 2.02. The van der Waals surface area contributed by atoms with Crippen molar-refractivity contribution in [2.75, 3.05) is 0 Å². The molecule has 0 aliphatic carbocycles. The molecular weight excluding hydrogens is 1020 g/mol. The van der Waals surface area contributed by atoms with E-state index in [9.17, 15) is 4.39 Å². The number of benzene rings is 5. The molecule has 0 N–H and O–H groups in total. The number of fused-ring (bicyclic) bond motifs is 4. The van der Waals surface area contributed by atoms with Crippen LogP contribution in [0.15, 0.2) is 126 Å². The predicted octanol–water partition coefficient (Wildman–Crippen LogP) is 14.4. The van der Waals surface area contributed by atoms with Crippen molar-refractivity contribution in [2.24, 2.45) is 5.92 Å². The van der Waals surface area contributed by atoms with E-state index < -0.39 is 13.3 Å². The van der Waals surface area contributed by atoms with Gasteiger partial charge in [-0.15, -0.1) is 18.2 Å². The Labute approximate surface area is 387 Å². The molecule has 0 unspecified atom stereocenters. The number of para-hydroxylation sites is 2. The van der Waals surface area contributed by atoms with Crippen molar-refractivity contribution in [1.29, 1.82) is 0 Å². The van der Waals surface area contributed by atoms with E-state index in [0.717, 1.165) is 62.1 Å². The molecule has 0 saturated carbocycles. The summed E-state index contributed by atoms with van der Waals surface area (Å²) in [5.74, 6) is 8.91. The second-order valence-electron chi connectivity index (χ2n) is 18.4. The second-order valence-corrected chi connectivity index (χ2v) is 29.0. The number of imidazole rings is 1. The van der Waals surface area contributed by atoms with Gasteiger partial charge < -0.3 is 8.98 Å². The number of furan rings is 1. The van der Waals surface area contributed by atoms with Gasteiger partial charge in [-0.25, -0.2) is 4.98 Å². The fraction of sp³-hybridized carbons (Fsp3) is 0.255. The van der Waals surface area contributed by atoms with Gasteiger partial charge in [-0.05, 0) is 77.4 Å². The fourth-order valence-corrected chi connectivity index (χ4v) is 11.8. The smallest absolute Gasteiger partial charge is 0.216 e. The molecule has 9 aromatic rings. The van der Waals surface area contributed by atoms with Gasteiger partial charge in [0, 0.05) is 36.9 Å². The Bertz CT molecular complexity index is 3020. The molecule has 0 amide bonds. The summed E-state index contributed by atoms with van der Waals surface area (Å²) in [6.45, 7) is 15.5. The minimum atomic E-state index is -1.95. The molecule has 9 rings (SSSR count).